The van der Waals surface area contributed by atoms with Gasteiger partial charge in [0.2, 0.25) is 21.8 Å². The lowest BCUT2D eigenvalue weighted by atomic mass is 10.0. The second-order valence-corrected chi connectivity index (χ2v) is 13.3. The van der Waals surface area contributed by atoms with E-state index in [-0.39, 0.29) is 24.8 Å². The van der Waals surface area contributed by atoms with Gasteiger partial charge in [-0.05, 0) is 70.0 Å². The average molecular weight is 682 g/mol. The molecule has 3 aromatic carbocycles. The second-order valence-electron chi connectivity index (χ2n) is 9.70. The third-order valence-corrected chi connectivity index (χ3v) is 8.28. The minimum absolute atomic E-state index is 0.0371. The van der Waals surface area contributed by atoms with Crippen molar-refractivity contribution in [2.45, 2.75) is 32.9 Å². The van der Waals surface area contributed by atoms with Crippen LogP contribution in [0.2, 0.25) is 5.02 Å². The van der Waals surface area contributed by atoms with Gasteiger partial charge in [0.25, 0.3) is 0 Å². The van der Waals surface area contributed by atoms with Crippen LogP contribution in [-0.4, -0.2) is 50.5 Å². The Balaban J connectivity index is 2.05. The Morgan fingerprint density at radius 2 is 1.56 bits per heavy atom. The zero-order chi connectivity index (χ0) is 28.6. The number of nitrogens with zero attached hydrogens (tertiary/aromatic N) is 2. The molecule has 208 valence electrons. The van der Waals surface area contributed by atoms with E-state index in [0.29, 0.717) is 22.8 Å². The van der Waals surface area contributed by atoms with Crippen LogP contribution in [-0.2, 0) is 32.6 Å². The average Bonchev–Trinajstić information content (AvgIpc) is 2.89. The quantitative estimate of drug-likeness (QED) is 0.269. The van der Waals surface area contributed by atoms with Crippen LogP contribution in [0.15, 0.2) is 78.9 Å². The number of sulfonamides is 1. The summed E-state index contributed by atoms with van der Waals surface area (Å²) in [4.78, 5) is 29.1. The third kappa shape index (κ3) is 9.22. The summed E-state index contributed by atoms with van der Waals surface area (Å²) in [6.07, 6.45) is 1.32. The Hall–Kier alpha value is -2.63. The Morgan fingerprint density at radius 3 is 2.15 bits per heavy atom. The van der Waals surface area contributed by atoms with E-state index < -0.39 is 28.5 Å². The maximum absolute atomic E-state index is 14.0. The van der Waals surface area contributed by atoms with Crippen molar-refractivity contribution in [3.63, 3.8) is 0 Å². The van der Waals surface area contributed by atoms with Crippen LogP contribution in [0.25, 0.3) is 0 Å². The van der Waals surface area contributed by atoms with Gasteiger partial charge in [-0.1, -0.05) is 74.0 Å². The number of anilines is 1. The molecular weight excluding hydrogens is 649 g/mol. The van der Waals surface area contributed by atoms with Crippen LogP contribution in [0, 0.1) is 9.49 Å². The number of hydrogen-bond donors (Lipinski definition) is 1. The van der Waals surface area contributed by atoms with Gasteiger partial charge >= 0.3 is 0 Å². The smallest absolute Gasteiger partial charge is 0.244 e. The molecule has 3 rings (SSSR count). The lowest BCUT2D eigenvalue weighted by Crippen LogP contribution is -2.53. The first-order chi connectivity index (χ1) is 18.5. The molecule has 0 unspecified atom stereocenters. The molecule has 1 atom stereocenters. The molecule has 10 heteroatoms. The van der Waals surface area contributed by atoms with Crippen molar-refractivity contribution in [3.05, 3.63) is 98.6 Å². The number of halogens is 2. The largest absolute Gasteiger partial charge is 0.354 e. The number of hydrogen-bond acceptors (Lipinski definition) is 4. The summed E-state index contributed by atoms with van der Waals surface area (Å²) >= 11 is 8.59. The molecule has 1 N–H and O–H groups in total. The minimum Gasteiger partial charge on any atom is -0.354 e. The molecule has 0 aliphatic carbocycles. The van der Waals surface area contributed by atoms with Crippen molar-refractivity contribution >= 4 is 61.7 Å². The molecule has 0 saturated carbocycles. The van der Waals surface area contributed by atoms with Crippen molar-refractivity contribution in [2.75, 3.05) is 23.7 Å². The summed E-state index contributed by atoms with van der Waals surface area (Å²) in [5.41, 5.74) is 1.90. The minimum atomic E-state index is -3.81. The predicted molar refractivity (Wildman–Crippen MR) is 165 cm³/mol. The van der Waals surface area contributed by atoms with Crippen molar-refractivity contribution in [1.29, 1.82) is 0 Å². The van der Waals surface area contributed by atoms with Gasteiger partial charge < -0.3 is 10.2 Å². The fourth-order valence-corrected chi connectivity index (χ4v) is 5.41. The van der Waals surface area contributed by atoms with Crippen LogP contribution in [0.1, 0.15) is 25.0 Å². The molecule has 7 nitrogen and oxygen atoms in total. The fourth-order valence-electron chi connectivity index (χ4n) is 4.01. The van der Waals surface area contributed by atoms with E-state index in [1.807, 2.05) is 50.2 Å². The van der Waals surface area contributed by atoms with Gasteiger partial charge in [-0.3, -0.25) is 13.9 Å². The molecule has 0 spiro atoms. The van der Waals surface area contributed by atoms with Gasteiger partial charge in [-0.2, -0.15) is 0 Å². The highest BCUT2D eigenvalue weighted by molar-refractivity contribution is 14.1. The summed E-state index contributed by atoms with van der Waals surface area (Å²) < 4.78 is 27.6. The van der Waals surface area contributed by atoms with E-state index in [4.69, 9.17) is 11.6 Å². The monoisotopic (exact) mass is 681 g/mol. The van der Waals surface area contributed by atoms with Crippen molar-refractivity contribution in [2.24, 2.45) is 5.92 Å². The number of carbonyl (C=O) groups excluding carboxylic acids is 2. The molecule has 0 heterocycles. The lowest BCUT2D eigenvalue weighted by Gasteiger charge is -2.34. The van der Waals surface area contributed by atoms with E-state index in [0.717, 1.165) is 19.7 Å². The van der Waals surface area contributed by atoms with Crippen molar-refractivity contribution < 1.29 is 18.0 Å². The SMILES string of the molecule is CC(C)CNC(=O)[C@@H](Cc1ccccc1)N(Cc1ccccc1Cl)C(=O)CN(c1ccc(I)cc1)S(C)(=O)=O. The standard InChI is InChI=1S/C29H33ClIN3O4S/c1-21(2)18-32-29(36)27(17-22-9-5-4-6-10-22)33(19-23-11-7-8-12-26(23)30)28(35)20-34(39(3,37)38)25-15-13-24(31)14-16-25/h4-16,21,27H,17-20H2,1-3H3,(H,32,36)/t27-/m1/s1. The highest BCUT2D eigenvalue weighted by atomic mass is 127. The Labute approximate surface area is 249 Å². The van der Waals surface area contributed by atoms with E-state index in [1.165, 1.54) is 4.90 Å². The van der Waals surface area contributed by atoms with Crippen molar-refractivity contribution in [3.8, 4) is 0 Å². The summed E-state index contributed by atoms with van der Waals surface area (Å²) in [6, 6.07) is 22.5. The molecule has 0 aliphatic heterocycles. The van der Waals surface area contributed by atoms with Crippen LogP contribution >= 0.6 is 34.2 Å². The molecular formula is C29H33ClIN3O4S. The number of nitrogens with one attached hydrogen (secondary N) is 1. The molecule has 3 aromatic rings. The Bertz CT molecular complexity index is 1370. The second kappa shape index (κ2) is 14.1. The molecule has 0 radical (unpaired) electrons. The van der Waals surface area contributed by atoms with Gasteiger partial charge in [-0.15, -0.1) is 0 Å². The number of benzene rings is 3. The van der Waals surface area contributed by atoms with Gasteiger partial charge in [-0.25, -0.2) is 8.42 Å². The molecule has 0 aliphatic rings. The Kier molecular flexibility index (Phi) is 11.2. The number of rotatable bonds is 12. The summed E-state index contributed by atoms with van der Waals surface area (Å²) in [7, 11) is -3.81. The van der Waals surface area contributed by atoms with Gasteiger partial charge in [0.1, 0.15) is 12.6 Å². The highest BCUT2D eigenvalue weighted by Crippen LogP contribution is 2.23. The first-order valence-electron chi connectivity index (χ1n) is 12.5. The third-order valence-electron chi connectivity index (χ3n) is 6.05. The van der Waals surface area contributed by atoms with Crippen LogP contribution in [0.4, 0.5) is 5.69 Å². The van der Waals surface area contributed by atoms with Gasteiger partial charge in [0, 0.05) is 28.1 Å². The van der Waals surface area contributed by atoms with Crippen LogP contribution < -0.4 is 9.62 Å². The first kappa shape index (κ1) is 30.9. The molecule has 2 amide bonds. The molecule has 0 aromatic heterocycles. The zero-order valence-corrected chi connectivity index (χ0v) is 25.9. The number of carbonyl (C=O) groups is 2. The normalized spacial score (nSPS) is 12.2. The Morgan fingerprint density at radius 1 is 0.949 bits per heavy atom. The summed E-state index contributed by atoms with van der Waals surface area (Å²) in [5, 5.41) is 3.41. The van der Waals surface area contributed by atoms with Gasteiger partial charge in [0.05, 0.1) is 11.9 Å². The van der Waals surface area contributed by atoms with Crippen molar-refractivity contribution in [1.82, 2.24) is 10.2 Å². The van der Waals surface area contributed by atoms with E-state index in [2.05, 4.69) is 27.9 Å². The van der Waals surface area contributed by atoms with Crippen LogP contribution in [0.5, 0.6) is 0 Å². The van der Waals surface area contributed by atoms with E-state index >= 15 is 0 Å². The fraction of sp³-hybridized carbons (Fsp3) is 0.310. The summed E-state index contributed by atoms with van der Waals surface area (Å²) in [6.45, 7) is 3.99. The first-order valence-corrected chi connectivity index (χ1v) is 15.8. The zero-order valence-electron chi connectivity index (χ0n) is 22.2. The van der Waals surface area contributed by atoms with Crippen LogP contribution in [0.3, 0.4) is 0 Å². The topological polar surface area (TPSA) is 86.8 Å². The molecule has 0 saturated heterocycles. The van der Waals surface area contributed by atoms with E-state index in [9.17, 15) is 18.0 Å². The maximum atomic E-state index is 14.0. The molecule has 39 heavy (non-hydrogen) atoms. The van der Waals surface area contributed by atoms with Gasteiger partial charge in [0.15, 0.2) is 0 Å². The molecule has 0 fully saturated rings. The number of amides is 2. The summed E-state index contributed by atoms with van der Waals surface area (Å²) in [5.74, 6) is -0.617. The van der Waals surface area contributed by atoms with E-state index in [1.54, 1.807) is 42.5 Å². The molecule has 0 bridgehead atoms. The maximum Gasteiger partial charge on any atom is 0.244 e. The predicted octanol–water partition coefficient (Wildman–Crippen LogP) is 5.12. The highest BCUT2D eigenvalue weighted by Gasteiger charge is 2.33. The lowest BCUT2D eigenvalue weighted by molar-refractivity contribution is -0.140.